The molecule has 5 heteroatoms. The van der Waals surface area contributed by atoms with E-state index in [1.807, 2.05) is 6.92 Å². The highest BCUT2D eigenvalue weighted by atomic mass is 79.9. The quantitative estimate of drug-likeness (QED) is 0.662. The van der Waals surface area contributed by atoms with Crippen molar-refractivity contribution in [3.05, 3.63) is 17.0 Å². The highest BCUT2D eigenvalue weighted by molar-refractivity contribution is 9.09. The summed E-state index contributed by atoms with van der Waals surface area (Å²) in [6, 6.07) is 0. The first-order chi connectivity index (χ1) is 7.20. The van der Waals surface area contributed by atoms with Crippen LogP contribution < -0.4 is 0 Å². The van der Waals surface area contributed by atoms with Crippen LogP contribution in [0.25, 0.3) is 0 Å². The molecule has 0 bridgehead atoms. The van der Waals surface area contributed by atoms with Gasteiger partial charge in [-0.1, -0.05) is 15.9 Å². The van der Waals surface area contributed by atoms with Crippen LogP contribution in [0.4, 0.5) is 0 Å². The van der Waals surface area contributed by atoms with Gasteiger partial charge in [0.2, 0.25) is 0 Å². The molecule has 0 amide bonds. The van der Waals surface area contributed by atoms with Gasteiger partial charge in [-0.3, -0.25) is 5.10 Å². The number of rotatable bonds is 5. The molecular formula is C10H15BrN2O2. The molecule has 1 N–H and O–H groups in total. The van der Waals surface area contributed by atoms with Crippen LogP contribution in [0.5, 0.6) is 0 Å². The van der Waals surface area contributed by atoms with Crippen LogP contribution >= 0.6 is 15.9 Å². The van der Waals surface area contributed by atoms with Crippen molar-refractivity contribution in [1.82, 2.24) is 10.2 Å². The number of halogens is 1. The largest absolute Gasteiger partial charge is 0.461 e. The van der Waals surface area contributed by atoms with Crippen molar-refractivity contribution in [1.29, 1.82) is 0 Å². The summed E-state index contributed by atoms with van der Waals surface area (Å²) in [5.41, 5.74) is 2.31. The molecule has 15 heavy (non-hydrogen) atoms. The van der Waals surface area contributed by atoms with E-state index in [2.05, 4.69) is 26.1 Å². The van der Waals surface area contributed by atoms with Gasteiger partial charge < -0.3 is 4.74 Å². The number of nitrogens with one attached hydrogen (secondary N) is 1. The minimum atomic E-state index is -0.351. The van der Waals surface area contributed by atoms with E-state index in [9.17, 15) is 4.79 Å². The minimum Gasteiger partial charge on any atom is -0.461 e. The Bertz CT molecular complexity index is 336. The molecule has 0 saturated heterocycles. The van der Waals surface area contributed by atoms with E-state index in [1.165, 1.54) is 0 Å². The molecule has 1 heterocycles. The Hall–Kier alpha value is -0.840. The minimum absolute atomic E-state index is 0.351. The number of nitrogens with zero attached hydrogens (tertiary/aromatic N) is 1. The van der Waals surface area contributed by atoms with Gasteiger partial charge in [0.25, 0.3) is 0 Å². The third kappa shape index (κ3) is 3.06. The number of H-pyrrole nitrogens is 1. The fourth-order valence-corrected chi connectivity index (χ4v) is 1.60. The average Bonchev–Trinajstić information content (AvgIpc) is 2.57. The topological polar surface area (TPSA) is 55.0 Å². The third-order valence-corrected chi connectivity index (χ3v) is 2.70. The Kier molecular flexibility index (Phi) is 4.81. The lowest BCUT2D eigenvalue weighted by molar-refractivity contribution is 0.0518. The number of carbonyl (C=O) groups is 1. The molecule has 0 spiro atoms. The van der Waals surface area contributed by atoms with Crippen LogP contribution in [0, 0.1) is 6.92 Å². The predicted octanol–water partition coefficient (Wildman–Crippen LogP) is 2.22. The van der Waals surface area contributed by atoms with E-state index in [0.29, 0.717) is 12.3 Å². The number of aryl methyl sites for hydroxylation is 1. The predicted molar refractivity (Wildman–Crippen MR) is 61.4 cm³/mol. The fourth-order valence-electron chi connectivity index (χ4n) is 1.32. The monoisotopic (exact) mass is 274 g/mol. The summed E-state index contributed by atoms with van der Waals surface area (Å²) in [6.45, 7) is 4.05. The summed E-state index contributed by atoms with van der Waals surface area (Å²) in [4.78, 5) is 11.4. The van der Waals surface area contributed by atoms with E-state index >= 15 is 0 Å². The Morgan fingerprint density at radius 1 is 1.60 bits per heavy atom. The number of esters is 1. The summed E-state index contributed by atoms with van der Waals surface area (Å²) >= 11 is 3.37. The summed E-state index contributed by atoms with van der Waals surface area (Å²) < 4.78 is 4.90. The summed E-state index contributed by atoms with van der Waals surface area (Å²) in [6.07, 6.45) is 1.91. The van der Waals surface area contributed by atoms with E-state index < -0.39 is 0 Å². The number of hydrogen-bond acceptors (Lipinski definition) is 3. The normalized spacial score (nSPS) is 10.3. The standard InChI is InChI=1S/C10H15BrN2O2/c1-3-15-10(14)9-7(2)8(12-13-9)5-4-6-11/h3-6H2,1-2H3,(H,12,13). The zero-order valence-electron chi connectivity index (χ0n) is 8.97. The van der Waals surface area contributed by atoms with Crippen LogP contribution in [-0.2, 0) is 11.2 Å². The van der Waals surface area contributed by atoms with Crippen molar-refractivity contribution in [2.24, 2.45) is 0 Å². The third-order valence-electron chi connectivity index (χ3n) is 2.14. The van der Waals surface area contributed by atoms with E-state index in [4.69, 9.17) is 4.74 Å². The molecule has 1 rings (SSSR count). The molecule has 0 fully saturated rings. The maximum Gasteiger partial charge on any atom is 0.359 e. The van der Waals surface area contributed by atoms with Crippen molar-refractivity contribution < 1.29 is 9.53 Å². The van der Waals surface area contributed by atoms with Crippen LogP contribution in [0.15, 0.2) is 0 Å². The fraction of sp³-hybridized carbons (Fsp3) is 0.600. The van der Waals surface area contributed by atoms with Gasteiger partial charge in [-0.15, -0.1) is 0 Å². The second-order valence-corrected chi connectivity index (χ2v) is 3.98. The lowest BCUT2D eigenvalue weighted by Gasteiger charge is -1.99. The van der Waals surface area contributed by atoms with Crippen molar-refractivity contribution in [3.63, 3.8) is 0 Å². The molecule has 0 radical (unpaired) electrons. The molecule has 0 unspecified atom stereocenters. The van der Waals surface area contributed by atoms with Gasteiger partial charge in [0, 0.05) is 16.6 Å². The van der Waals surface area contributed by atoms with Gasteiger partial charge >= 0.3 is 5.97 Å². The first-order valence-electron chi connectivity index (χ1n) is 4.97. The second kappa shape index (κ2) is 5.90. The molecular weight excluding hydrogens is 260 g/mol. The zero-order chi connectivity index (χ0) is 11.3. The number of aromatic amines is 1. The molecule has 0 atom stereocenters. The average molecular weight is 275 g/mol. The number of alkyl halides is 1. The summed E-state index contributed by atoms with van der Waals surface area (Å²) in [5, 5.41) is 7.79. The first-order valence-corrected chi connectivity index (χ1v) is 6.09. The smallest absolute Gasteiger partial charge is 0.359 e. The summed E-state index contributed by atoms with van der Waals surface area (Å²) in [5.74, 6) is -0.351. The van der Waals surface area contributed by atoms with E-state index in [0.717, 1.165) is 29.4 Å². The lowest BCUT2D eigenvalue weighted by Crippen LogP contribution is -2.06. The van der Waals surface area contributed by atoms with Gasteiger partial charge in [-0.2, -0.15) is 5.10 Å². The maximum absolute atomic E-state index is 11.4. The van der Waals surface area contributed by atoms with Crippen molar-refractivity contribution in [2.75, 3.05) is 11.9 Å². The van der Waals surface area contributed by atoms with Gasteiger partial charge in [-0.05, 0) is 26.7 Å². The van der Waals surface area contributed by atoms with Crippen molar-refractivity contribution >= 4 is 21.9 Å². The number of hydrogen-bond donors (Lipinski definition) is 1. The van der Waals surface area contributed by atoms with Gasteiger partial charge in [0.15, 0.2) is 5.69 Å². The van der Waals surface area contributed by atoms with Crippen molar-refractivity contribution in [3.8, 4) is 0 Å². The maximum atomic E-state index is 11.4. The van der Waals surface area contributed by atoms with E-state index in [-0.39, 0.29) is 5.97 Å². The SMILES string of the molecule is CCOC(=O)c1n[nH]c(CCCBr)c1C. The molecule has 1 aromatic heterocycles. The molecule has 0 aliphatic rings. The molecule has 1 aromatic rings. The molecule has 0 aliphatic carbocycles. The zero-order valence-corrected chi connectivity index (χ0v) is 10.6. The number of aromatic nitrogens is 2. The molecule has 0 aromatic carbocycles. The molecule has 4 nitrogen and oxygen atoms in total. The summed E-state index contributed by atoms with van der Waals surface area (Å²) in [7, 11) is 0. The van der Waals surface area contributed by atoms with Crippen LogP contribution in [0.1, 0.15) is 35.1 Å². The van der Waals surface area contributed by atoms with Crippen LogP contribution in [0.2, 0.25) is 0 Å². The highest BCUT2D eigenvalue weighted by Crippen LogP contribution is 2.13. The molecule has 0 saturated carbocycles. The van der Waals surface area contributed by atoms with Crippen molar-refractivity contribution in [2.45, 2.75) is 26.7 Å². The van der Waals surface area contributed by atoms with Gasteiger partial charge in [0.1, 0.15) is 0 Å². The number of ether oxygens (including phenoxy) is 1. The van der Waals surface area contributed by atoms with Crippen LogP contribution in [0.3, 0.4) is 0 Å². The Labute approximate surface area is 97.5 Å². The second-order valence-electron chi connectivity index (χ2n) is 3.19. The Morgan fingerprint density at radius 3 is 2.93 bits per heavy atom. The Morgan fingerprint density at radius 2 is 2.33 bits per heavy atom. The van der Waals surface area contributed by atoms with Gasteiger partial charge in [0.05, 0.1) is 6.61 Å². The molecule has 0 aliphatic heterocycles. The number of carbonyl (C=O) groups excluding carboxylic acids is 1. The van der Waals surface area contributed by atoms with Gasteiger partial charge in [-0.25, -0.2) is 4.79 Å². The lowest BCUT2D eigenvalue weighted by atomic mass is 10.1. The first kappa shape index (κ1) is 12.2. The highest BCUT2D eigenvalue weighted by Gasteiger charge is 2.16. The molecule has 84 valence electrons. The Balaban J connectivity index is 2.74. The van der Waals surface area contributed by atoms with E-state index in [1.54, 1.807) is 6.92 Å². The van der Waals surface area contributed by atoms with Crippen LogP contribution in [-0.4, -0.2) is 28.1 Å².